The number of hydrogen-bond acceptors (Lipinski definition) is 2. The number of aromatic nitrogens is 2. The second-order valence-corrected chi connectivity index (χ2v) is 2.80. The Morgan fingerprint density at radius 3 is 3.08 bits per heavy atom. The summed E-state index contributed by atoms with van der Waals surface area (Å²) in [5, 5.41) is 9.15. The van der Waals surface area contributed by atoms with Gasteiger partial charge in [0.05, 0.1) is 0 Å². The molecule has 1 aromatic heterocycles. The monoisotopic (exact) mass is 187 g/mol. The van der Waals surface area contributed by atoms with Gasteiger partial charge in [0.25, 0.3) is 0 Å². The van der Waals surface area contributed by atoms with Gasteiger partial charge in [0.15, 0.2) is 5.82 Å². The first-order valence-electron chi connectivity index (χ1n) is 3.60. The molecule has 2 N–H and O–H groups in total. The van der Waals surface area contributed by atoms with Gasteiger partial charge < -0.3 is 5.32 Å². The minimum atomic E-state index is -0.114. The summed E-state index contributed by atoms with van der Waals surface area (Å²) in [7, 11) is 0. The van der Waals surface area contributed by atoms with Crippen LogP contribution < -0.4 is 5.32 Å². The lowest BCUT2D eigenvalue weighted by Crippen LogP contribution is -2.11. The quantitative estimate of drug-likeness (QED) is 0.701. The number of aromatic amines is 1. The van der Waals surface area contributed by atoms with Crippen molar-refractivity contribution >= 4 is 23.3 Å². The number of carbonyl (C=O) groups is 1. The third kappa shape index (κ3) is 2.54. The fourth-order valence-corrected chi connectivity index (χ4v) is 0.945. The van der Waals surface area contributed by atoms with Crippen LogP contribution in [0.2, 0.25) is 0 Å². The van der Waals surface area contributed by atoms with Crippen LogP contribution in [0.5, 0.6) is 0 Å². The maximum atomic E-state index is 11.0. The van der Waals surface area contributed by atoms with E-state index in [9.17, 15) is 4.79 Å². The first-order valence-corrected chi connectivity index (χ1v) is 4.13. The van der Waals surface area contributed by atoms with Gasteiger partial charge >= 0.3 is 0 Å². The molecule has 0 aliphatic heterocycles. The fourth-order valence-electron chi connectivity index (χ4n) is 0.773. The van der Waals surface area contributed by atoms with Crippen LogP contribution in [0.25, 0.3) is 0 Å². The zero-order valence-electron chi connectivity index (χ0n) is 6.72. The predicted molar refractivity (Wildman–Crippen MR) is 47.3 cm³/mol. The smallest absolute Gasteiger partial charge is 0.226 e. The van der Waals surface area contributed by atoms with Gasteiger partial charge in [-0.25, -0.2) is 0 Å². The summed E-state index contributed by atoms with van der Waals surface area (Å²) in [6.45, 7) is 1.87. The van der Waals surface area contributed by atoms with Crippen molar-refractivity contribution in [1.29, 1.82) is 0 Å². The molecule has 5 heteroatoms. The highest BCUT2D eigenvalue weighted by Gasteiger charge is 2.02. The van der Waals surface area contributed by atoms with Gasteiger partial charge in [-0.1, -0.05) is 0 Å². The number of amides is 1. The van der Waals surface area contributed by atoms with E-state index in [4.69, 9.17) is 11.6 Å². The second kappa shape index (κ2) is 4.11. The lowest BCUT2D eigenvalue weighted by atomic mass is 10.4. The highest BCUT2D eigenvalue weighted by atomic mass is 35.5. The van der Waals surface area contributed by atoms with E-state index in [1.54, 1.807) is 6.07 Å². The molecule has 1 amide bonds. The second-order valence-electron chi connectivity index (χ2n) is 2.42. The van der Waals surface area contributed by atoms with E-state index in [-0.39, 0.29) is 5.91 Å². The zero-order valence-corrected chi connectivity index (χ0v) is 7.48. The van der Waals surface area contributed by atoms with Crippen molar-refractivity contribution in [1.82, 2.24) is 10.2 Å². The number of halogens is 1. The fraction of sp³-hybridized carbons (Fsp3) is 0.429. The summed E-state index contributed by atoms with van der Waals surface area (Å²) in [6, 6.07) is 1.76. The molecule has 4 nitrogen and oxygen atoms in total. The Morgan fingerprint density at radius 2 is 2.58 bits per heavy atom. The number of carbonyl (C=O) groups excluding carboxylic acids is 1. The highest BCUT2D eigenvalue weighted by Crippen LogP contribution is 2.03. The molecule has 0 spiro atoms. The van der Waals surface area contributed by atoms with E-state index >= 15 is 0 Å². The molecule has 0 fully saturated rings. The Labute approximate surface area is 75.3 Å². The minimum absolute atomic E-state index is 0.114. The molecule has 0 atom stereocenters. The first kappa shape index (κ1) is 9.06. The predicted octanol–water partition coefficient (Wildman–Crippen LogP) is 1.29. The Hall–Kier alpha value is -1.03. The topological polar surface area (TPSA) is 57.8 Å². The summed E-state index contributed by atoms with van der Waals surface area (Å²) < 4.78 is 0. The molecule has 1 heterocycles. The maximum Gasteiger partial charge on any atom is 0.226 e. The molecule has 0 aliphatic carbocycles. The molecule has 1 aromatic rings. The van der Waals surface area contributed by atoms with Crippen molar-refractivity contribution in [3.63, 3.8) is 0 Å². The molecule has 0 aliphatic rings. The number of nitrogens with one attached hydrogen (secondary N) is 2. The Morgan fingerprint density at radius 1 is 1.83 bits per heavy atom. The number of anilines is 1. The average Bonchev–Trinajstić information content (AvgIpc) is 2.36. The SMILES string of the molecule is Cc1cc(NC(=O)CCCl)n[nH]1. The van der Waals surface area contributed by atoms with Gasteiger partial charge in [0, 0.05) is 24.1 Å². The lowest BCUT2D eigenvalue weighted by Gasteiger charge is -1.96. The van der Waals surface area contributed by atoms with Crippen LogP contribution in [0.3, 0.4) is 0 Å². The van der Waals surface area contributed by atoms with Gasteiger partial charge in [0.2, 0.25) is 5.91 Å². The van der Waals surface area contributed by atoms with E-state index in [2.05, 4.69) is 15.5 Å². The van der Waals surface area contributed by atoms with Gasteiger partial charge in [0.1, 0.15) is 0 Å². The summed E-state index contributed by atoms with van der Waals surface area (Å²) in [5.74, 6) is 0.758. The number of rotatable bonds is 3. The van der Waals surface area contributed by atoms with Gasteiger partial charge in [-0.3, -0.25) is 9.89 Å². The van der Waals surface area contributed by atoms with Crippen LogP contribution in [0.15, 0.2) is 6.07 Å². The molecule has 66 valence electrons. The van der Waals surface area contributed by atoms with Crippen LogP contribution in [0.1, 0.15) is 12.1 Å². The molecular formula is C7H10ClN3O. The first-order chi connectivity index (χ1) is 5.72. The Bertz CT molecular complexity index is 271. The van der Waals surface area contributed by atoms with Crippen molar-refractivity contribution in [3.8, 4) is 0 Å². The van der Waals surface area contributed by atoms with Crippen molar-refractivity contribution in [2.45, 2.75) is 13.3 Å². The van der Waals surface area contributed by atoms with Crippen molar-refractivity contribution in [2.24, 2.45) is 0 Å². The molecule has 0 aromatic carbocycles. The third-order valence-electron chi connectivity index (χ3n) is 1.29. The van der Waals surface area contributed by atoms with Crippen LogP contribution in [0, 0.1) is 6.92 Å². The van der Waals surface area contributed by atoms with Crippen molar-refractivity contribution in [3.05, 3.63) is 11.8 Å². The van der Waals surface area contributed by atoms with E-state index in [1.165, 1.54) is 0 Å². The third-order valence-corrected chi connectivity index (χ3v) is 1.48. The molecule has 0 bridgehead atoms. The summed E-state index contributed by atoms with van der Waals surface area (Å²) in [4.78, 5) is 11.0. The van der Waals surface area contributed by atoms with E-state index in [0.717, 1.165) is 5.69 Å². The van der Waals surface area contributed by atoms with E-state index in [1.807, 2.05) is 6.92 Å². The zero-order chi connectivity index (χ0) is 8.97. The molecular weight excluding hydrogens is 178 g/mol. The van der Waals surface area contributed by atoms with Crippen LogP contribution in [-0.2, 0) is 4.79 Å². The minimum Gasteiger partial charge on any atom is -0.309 e. The normalized spacial score (nSPS) is 9.83. The Kier molecular flexibility index (Phi) is 3.10. The van der Waals surface area contributed by atoms with Crippen molar-refractivity contribution in [2.75, 3.05) is 11.2 Å². The van der Waals surface area contributed by atoms with Gasteiger partial charge in [-0.05, 0) is 6.92 Å². The largest absolute Gasteiger partial charge is 0.309 e. The lowest BCUT2D eigenvalue weighted by molar-refractivity contribution is -0.115. The summed E-state index contributed by atoms with van der Waals surface area (Å²) in [6.07, 6.45) is 0.313. The van der Waals surface area contributed by atoms with Crippen LogP contribution in [-0.4, -0.2) is 22.0 Å². The van der Waals surface area contributed by atoms with Crippen LogP contribution in [0.4, 0.5) is 5.82 Å². The molecule has 12 heavy (non-hydrogen) atoms. The maximum absolute atomic E-state index is 11.0. The molecule has 0 saturated carbocycles. The van der Waals surface area contributed by atoms with Gasteiger partial charge in [-0.2, -0.15) is 5.10 Å². The number of hydrogen-bond donors (Lipinski definition) is 2. The van der Waals surface area contributed by atoms with E-state index in [0.29, 0.717) is 18.1 Å². The Balaban J connectivity index is 2.46. The number of H-pyrrole nitrogens is 1. The highest BCUT2D eigenvalue weighted by molar-refractivity contribution is 6.19. The standard InChI is InChI=1S/C7H10ClN3O/c1-5-4-6(11-10-5)9-7(12)2-3-8/h4H,2-3H2,1H3,(H2,9,10,11,12). The number of aryl methyl sites for hydroxylation is 1. The van der Waals surface area contributed by atoms with Gasteiger partial charge in [-0.15, -0.1) is 11.6 Å². The molecule has 0 saturated heterocycles. The van der Waals surface area contributed by atoms with E-state index < -0.39 is 0 Å². The summed E-state index contributed by atoms with van der Waals surface area (Å²) >= 11 is 5.38. The number of nitrogens with zero attached hydrogens (tertiary/aromatic N) is 1. The number of alkyl halides is 1. The average molecular weight is 188 g/mol. The molecule has 1 rings (SSSR count). The van der Waals surface area contributed by atoms with Crippen LogP contribution >= 0.6 is 11.6 Å². The molecule has 0 unspecified atom stereocenters. The van der Waals surface area contributed by atoms with Crippen molar-refractivity contribution < 1.29 is 4.79 Å². The summed E-state index contributed by atoms with van der Waals surface area (Å²) in [5.41, 5.74) is 0.913. The molecule has 0 radical (unpaired) electrons.